The fraction of sp³-hybridized carbons (Fsp3) is 0.231. The predicted octanol–water partition coefficient (Wildman–Crippen LogP) is 1.25. The highest BCUT2D eigenvalue weighted by atomic mass is 16.1. The lowest BCUT2D eigenvalue weighted by Crippen LogP contribution is -2.03. The highest BCUT2D eigenvalue weighted by Gasteiger charge is 2.34. The summed E-state index contributed by atoms with van der Waals surface area (Å²) in [6.07, 6.45) is 4.53. The van der Waals surface area contributed by atoms with Crippen LogP contribution in [-0.4, -0.2) is 16.0 Å². The van der Waals surface area contributed by atoms with Crippen LogP contribution in [0.15, 0.2) is 41.5 Å². The summed E-state index contributed by atoms with van der Waals surface area (Å²) < 4.78 is 0. The molecule has 2 unspecified atom stereocenters. The van der Waals surface area contributed by atoms with Crippen LogP contribution in [0.4, 0.5) is 0 Å². The van der Waals surface area contributed by atoms with Crippen molar-refractivity contribution < 1.29 is 0 Å². The van der Waals surface area contributed by atoms with Gasteiger partial charge in [0.15, 0.2) is 0 Å². The largest absolute Gasteiger partial charge is 0.329 e. The van der Waals surface area contributed by atoms with E-state index in [2.05, 4.69) is 9.97 Å². The Hall–Kier alpha value is -1.94. The first-order valence-electron chi connectivity index (χ1n) is 5.65. The first-order chi connectivity index (χ1) is 8.24. The minimum absolute atomic E-state index is 0.113. The maximum atomic E-state index is 11.2. The van der Waals surface area contributed by atoms with Gasteiger partial charge in [-0.3, -0.25) is 9.78 Å². The van der Waals surface area contributed by atoms with Gasteiger partial charge in [-0.15, -0.1) is 0 Å². The lowest BCUT2D eigenvalue weighted by molar-refractivity contribution is 0.981. The van der Waals surface area contributed by atoms with Crippen LogP contribution < -0.4 is 11.3 Å². The van der Waals surface area contributed by atoms with E-state index in [4.69, 9.17) is 5.73 Å². The molecule has 0 aliphatic heterocycles. The highest BCUT2D eigenvalue weighted by Crippen LogP contribution is 2.38. The third kappa shape index (κ3) is 1.99. The van der Waals surface area contributed by atoms with Crippen LogP contribution in [0.3, 0.4) is 0 Å². The predicted molar refractivity (Wildman–Crippen MR) is 65.6 cm³/mol. The number of nitrogens with two attached hydrogens (primary N) is 1. The molecule has 0 aromatic carbocycles. The molecule has 2 atom stereocenters. The number of hydrogen-bond donors (Lipinski definition) is 2. The molecule has 17 heavy (non-hydrogen) atoms. The smallest absolute Gasteiger partial charge is 0.248 e. The number of rotatable bonds is 2. The van der Waals surface area contributed by atoms with Crippen LogP contribution in [-0.2, 0) is 0 Å². The second-order valence-electron chi connectivity index (χ2n) is 4.42. The van der Waals surface area contributed by atoms with Crippen molar-refractivity contribution in [3.63, 3.8) is 0 Å². The van der Waals surface area contributed by atoms with E-state index in [9.17, 15) is 4.79 Å². The summed E-state index contributed by atoms with van der Waals surface area (Å²) in [4.78, 5) is 18.2. The van der Waals surface area contributed by atoms with Gasteiger partial charge in [-0.1, -0.05) is 6.07 Å². The van der Waals surface area contributed by atoms with E-state index in [1.54, 1.807) is 12.3 Å². The zero-order valence-electron chi connectivity index (χ0n) is 9.26. The van der Waals surface area contributed by atoms with Gasteiger partial charge in [0.25, 0.3) is 0 Å². The number of hydrogen-bond acceptors (Lipinski definition) is 3. The van der Waals surface area contributed by atoms with Crippen LogP contribution in [0, 0.1) is 0 Å². The van der Waals surface area contributed by atoms with Gasteiger partial charge in [0.05, 0.1) is 5.69 Å². The second-order valence-corrected chi connectivity index (χ2v) is 4.42. The Bertz CT molecular complexity index is 588. The van der Waals surface area contributed by atoms with Crippen molar-refractivity contribution in [1.82, 2.24) is 9.97 Å². The molecular formula is C13H13N3O. The summed E-state index contributed by atoms with van der Waals surface area (Å²) in [5.41, 5.74) is 8.51. The Kier molecular flexibility index (Phi) is 2.30. The maximum Gasteiger partial charge on any atom is 0.248 e. The molecule has 0 saturated heterocycles. The molecule has 2 aromatic rings. The molecule has 3 N–H and O–H groups in total. The summed E-state index contributed by atoms with van der Waals surface area (Å²) in [6, 6.07) is 7.66. The monoisotopic (exact) mass is 227 g/mol. The van der Waals surface area contributed by atoms with Gasteiger partial charge in [-0.2, -0.15) is 0 Å². The van der Waals surface area contributed by atoms with E-state index in [1.165, 1.54) is 5.56 Å². The number of nitrogens with one attached hydrogen (secondary N) is 1. The summed E-state index contributed by atoms with van der Waals surface area (Å²) in [5, 5.41) is 0. The Morgan fingerprint density at radius 1 is 1.35 bits per heavy atom. The van der Waals surface area contributed by atoms with E-state index >= 15 is 0 Å². The first kappa shape index (κ1) is 10.2. The van der Waals surface area contributed by atoms with Crippen molar-refractivity contribution in [3.8, 4) is 11.3 Å². The van der Waals surface area contributed by atoms with E-state index in [-0.39, 0.29) is 5.56 Å². The van der Waals surface area contributed by atoms with E-state index in [1.807, 2.05) is 24.4 Å². The normalized spacial score (nSPS) is 22.4. The molecule has 4 nitrogen and oxygen atoms in total. The van der Waals surface area contributed by atoms with E-state index < -0.39 is 0 Å². The molecule has 1 saturated carbocycles. The first-order valence-corrected chi connectivity index (χ1v) is 5.65. The Morgan fingerprint density at radius 3 is 2.76 bits per heavy atom. The molecule has 1 aliphatic rings. The molecule has 0 bridgehead atoms. The van der Waals surface area contributed by atoms with Gasteiger partial charge in [0.1, 0.15) is 0 Å². The molecular weight excluding hydrogens is 214 g/mol. The minimum atomic E-state index is -0.113. The van der Waals surface area contributed by atoms with Crippen LogP contribution >= 0.6 is 0 Å². The Morgan fingerprint density at radius 2 is 2.18 bits per heavy atom. The molecule has 0 radical (unpaired) electrons. The minimum Gasteiger partial charge on any atom is -0.329 e. The van der Waals surface area contributed by atoms with Gasteiger partial charge in [-0.25, -0.2) is 0 Å². The fourth-order valence-corrected chi connectivity index (χ4v) is 2.00. The maximum absolute atomic E-state index is 11.2. The number of aromatic amines is 1. The van der Waals surface area contributed by atoms with Crippen molar-refractivity contribution in [2.24, 2.45) is 5.73 Å². The third-order valence-corrected chi connectivity index (χ3v) is 3.13. The quantitative estimate of drug-likeness (QED) is 0.811. The van der Waals surface area contributed by atoms with Gasteiger partial charge >= 0.3 is 0 Å². The average Bonchev–Trinajstić information content (AvgIpc) is 3.07. The summed E-state index contributed by atoms with van der Waals surface area (Å²) in [7, 11) is 0. The SMILES string of the molecule is NC1CC1c1ccc(-c2cc[nH]c(=O)c2)nc1. The number of pyridine rings is 2. The fourth-order valence-electron chi connectivity index (χ4n) is 2.00. The molecule has 2 heterocycles. The van der Waals surface area contributed by atoms with Gasteiger partial charge in [0, 0.05) is 36.0 Å². The van der Waals surface area contributed by atoms with Crippen LogP contribution in [0.1, 0.15) is 17.9 Å². The topological polar surface area (TPSA) is 71.8 Å². The zero-order valence-corrected chi connectivity index (χ0v) is 9.26. The number of aromatic nitrogens is 2. The van der Waals surface area contributed by atoms with Crippen molar-refractivity contribution in [2.75, 3.05) is 0 Å². The number of H-pyrrole nitrogens is 1. The van der Waals surface area contributed by atoms with Gasteiger partial charge in [0.2, 0.25) is 5.56 Å². The van der Waals surface area contributed by atoms with Gasteiger partial charge < -0.3 is 10.7 Å². The summed E-state index contributed by atoms with van der Waals surface area (Å²) in [5.74, 6) is 0.468. The Labute approximate surface area is 98.5 Å². The zero-order chi connectivity index (χ0) is 11.8. The summed E-state index contributed by atoms with van der Waals surface area (Å²) >= 11 is 0. The Balaban J connectivity index is 1.92. The standard InChI is InChI=1S/C13H13N3O/c14-11-6-10(11)9-1-2-12(16-7-9)8-3-4-15-13(17)5-8/h1-5,7,10-11H,6,14H2,(H,15,17). The molecule has 3 rings (SSSR count). The average molecular weight is 227 g/mol. The van der Waals surface area contributed by atoms with E-state index in [0.29, 0.717) is 12.0 Å². The molecule has 1 fully saturated rings. The van der Waals surface area contributed by atoms with Crippen LogP contribution in [0.5, 0.6) is 0 Å². The molecule has 0 amide bonds. The number of nitrogens with zero attached hydrogens (tertiary/aromatic N) is 1. The molecule has 0 spiro atoms. The van der Waals surface area contributed by atoms with Crippen molar-refractivity contribution in [1.29, 1.82) is 0 Å². The van der Waals surface area contributed by atoms with Crippen molar-refractivity contribution in [3.05, 3.63) is 52.6 Å². The van der Waals surface area contributed by atoms with E-state index in [0.717, 1.165) is 17.7 Å². The van der Waals surface area contributed by atoms with Gasteiger partial charge in [-0.05, 0) is 24.1 Å². The third-order valence-electron chi connectivity index (χ3n) is 3.13. The molecule has 2 aromatic heterocycles. The second kappa shape index (κ2) is 3.82. The molecule has 86 valence electrons. The summed E-state index contributed by atoms with van der Waals surface area (Å²) in [6.45, 7) is 0. The molecule has 1 aliphatic carbocycles. The van der Waals surface area contributed by atoms with Crippen molar-refractivity contribution >= 4 is 0 Å². The van der Waals surface area contributed by atoms with Crippen LogP contribution in [0.2, 0.25) is 0 Å². The van der Waals surface area contributed by atoms with Crippen molar-refractivity contribution in [2.45, 2.75) is 18.4 Å². The highest BCUT2D eigenvalue weighted by molar-refractivity contribution is 5.58. The lowest BCUT2D eigenvalue weighted by Gasteiger charge is -2.02. The van der Waals surface area contributed by atoms with Crippen LogP contribution in [0.25, 0.3) is 11.3 Å². The molecule has 4 heteroatoms. The lowest BCUT2D eigenvalue weighted by atomic mass is 10.1.